The van der Waals surface area contributed by atoms with Crippen molar-refractivity contribution in [3.8, 4) is 0 Å². The third-order valence-electron chi connectivity index (χ3n) is 4.38. The summed E-state index contributed by atoms with van der Waals surface area (Å²) in [5.41, 5.74) is 1.93. The zero-order valence-corrected chi connectivity index (χ0v) is 14.7. The Hall–Kier alpha value is -2.35. The van der Waals surface area contributed by atoms with E-state index < -0.39 is 11.2 Å². The van der Waals surface area contributed by atoms with E-state index in [2.05, 4.69) is 14.5 Å². The standard InChI is InChI=1S/C16H23N5O3/c1-9(2)24-8-6-7-20-10(3)11(4)21-12-13(17-15(20)21)19(5)16(23)18-14(12)22/h9H,6-8H2,1-5H3,(H,18,22,23). The maximum Gasteiger partial charge on any atom is 0.329 e. The number of fused-ring (bicyclic) bond motifs is 3. The molecule has 0 atom stereocenters. The fourth-order valence-corrected chi connectivity index (χ4v) is 2.99. The second-order valence-electron chi connectivity index (χ2n) is 6.33. The first-order valence-electron chi connectivity index (χ1n) is 8.11. The molecular weight excluding hydrogens is 310 g/mol. The summed E-state index contributed by atoms with van der Waals surface area (Å²) < 4.78 is 10.9. The molecule has 8 heteroatoms. The molecular formula is C16H23N5O3. The Morgan fingerprint density at radius 2 is 1.92 bits per heavy atom. The zero-order chi connectivity index (χ0) is 17.6. The zero-order valence-electron chi connectivity index (χ0n) is 14.7. The van der Waals surface area contributed by atoms with Gasteiger partial charge in [-0.05, 0) is 34.1 Å². The Kier molecular flexibility index (Phi) is 4.08. The normalized spacial score (nSPS) is 12.1. The summed E-state index contributed by atoms with van der Waals surface area (Å²) in [6.45, 7) is 9.39. The van der Waals surface area contributed by atoms with Gasteiger partial charge in [0.25, 0.3) is 5.56 Å². The molecule has 0 saturated heterocycles. The van der Waals surface area contributed by atoms with Gasteiger partial charge in [-0.25, -0.2) is 4.79 Å². The molecule has 0 fully saturated rings. The maximum atomic E-state index is 12.3. The highest BCUT2D eigenvalue weighted by Crippen LogP contribution is 2.20. The molecule has 0 aliphatic rings. The first-order chi connectivity index (χ1) is 11.3. The van der Waals surface area contributed by atoms with Crippen LogP contribution in [0.1, 0.15) is 31.7 Å². The first kappa shape index (κ1) is 16.5. The Morgan fingerprint density at radius 3 is 2.58 bits per heavy atom. The van der Waals surface area contributed by atoms with Crippen molar-refractivity contribution >= 4 is 16.9 Å². The van der Waals surface area contributed by atoms with Crippen molar-refractivity contribution in [2.75, 3.05) is 6.61 Å². The van der Waals surface area contributed by atoms with Gasteiger partial charge in [-0.15, -0.1) is 0 Å². The van der Waals surface area contributed by atoms with Gasteiger partial charge in [0.05, 0.1) is 6.10 Å². The van der Waals surface area contributed by atoms with E-state index in [0.717, 1.165) is 24.4 Å². The molecule has 0 aromatic carbocycles. The van der Waals surface area contributed by atoms with Gasteiger partial charge in [-0.3, -0.25) is 18.7 Å². The van der Waals surface area contributed by atoms with Gasteiger partial charge in [-0.2, -0.15) is 4.98 Å². The summed E-state index contributed by atoms with van der Waals surface area (Å²) in [7, 11) is 1.61. The number of H-pyrrole nitrogens is 1. The Morgan fingerprint density at radius 1 is 1.21 bits per heavy atom. The van der Waals surface area contributed by atoms with Crippen LogP contribution >= 0.6 is 0 Å². The predicted octanol–water partition coefficient (Wildman–Crippen LogP) is 1.11. The van der Waals surface area contributed by atoms with E-state index in [1.807, 2.05) is 32.1 Å². The highest BCUT2D eigenvalue weighted by atomic mass is 16.5. The number of hydrogen-bond donors (Lipinski definition) is 1. The minimum absolute atomic E-state index is 0.208. The van der Waals surface area contributed by atoms with Gasteiger partial charge < -0.3 is 9.30 Å². The number of nitrogens with zero attached hydrogens (tertiary/aromatic N) is 4. The van der Waals surface area contributed by atoms with Crippen molar-refractivity contribution in [2.45, 2.75) is 46.8 Å². The predicted molar refractivity (Wildman–Crippen MR) is 91.7 cm³/mol. The average Bonchev–Trinajstić information content (AvgIpc) is 3.00. The third-order valence-corrected chi connectivity index (χ3v) is 4.38. The Labute approximate surface area is 138 Å². The monoisotopic (exact) mass is 333 g/mol. The van der Waals surface area contributed by atoms with Crippen LogP contribution in [0.2, 0.25) is 0 Å². The number of rotatable bonds is 5. The van der Waals surface area contributed by atoms with Gasteiger partial charge >= 0.3 is 5.69 Å². The average molecular weight is 333 g/mol. The lowest BCUT2D eigenvalue weighted by molar-refractivity contribution is 0.0749. The number of aromatic nitrogens is 5. The molecule has 3 rings (SSSR count). The van der Waals surface area contributed by atoms with Crippen LogP contribution in [0.3, 0.4) is 0 Å². The molecule has 0 spiro atoms. The Bertz CT molecular complexity index is 1020. The molecule has 1 N–H and O–H groups in total. The quantitative estimate of drug-likeness (QED) is 0.709. The second-order valence-corrected chi connectivity index (χ2v) is 6.33. The van der Waals surface area contributed by atoms with Crippen LogP contribution < -0.4 is 11.2 Å². The molecule has 24 heavy (non-hydrogen) atoms. The largest absolute Gasteiger partial charge is 0.379 e. The Balaban J connectivity index is 2.14. The summed E-state index contributed by atoms with van der Waals surface area (Å²) in [5, 5.41) is 0. The fraction of sp³-hybridized carbons (Fsp3) is 0.562. The number of ether oxygens (including phenoxy) is 1. The number of nitrogens with one attached hydrogen (secondary N) is 1. The minimum Gasteiger partial charge on any atom is -0.379 e. The van der Waals surface area contributed by atoms with E-state index in [1.165, 1.54) is 4.57 Å². The molecule has 3 aromatic heterocycles. The lowest BCUT2D eigenvalue weighted by Gasteiger charge is -2.09. The molecule has 0 amide bonds. The van der Waals surface area contributed by atoms with Crippen LogP contribution in [-0.2, 0) is 18.3 Å². The molecule has 0 aliphatic carbocycles. The van der Waals surface area contributed by atoms with E-state index in [9.17, 15) is 9.59 Å². The molecule has 0 radical (unpaired) electrons. The van der Waals surface area contributed by atoms with Crippen LogP contribution in [0.5, 0.6) is 0 Å². The molecule has 0 saturated carbocycles. The van der Waals surface area contributed by atoms with Crippen LogP contribution in [0.25, 0.3) is 16.9 Å². The van der Waals surface area contributed by atoms with Crippen molar-refractivity contribution in [1.29, 1.82) is 0 Å². The summed E-state index contributed by atoms with van der Waals surface area (Å²) in [6, 6.07) is 0. The maximum absolute atomic E-state index is 12.3. The lowest BCUT2D eigenvalue weighted by atomic mass is 10.3. The van der Waals surface area contributed by atoms with Crippen LogP contribution in [-0.4, -0.2) is 36.2 Å². The van der Waals surface area contributed by atoms with E-state index in [4.69, 9.17) is 4.74 Å². The van der Waals surface area contributed by atoms with Gasteiger partial charge in [0.15, 0.2) is 11.2 Å². The fourth-order valence-electron chi connectivity index (χ4n) is 2.99. The number of aryl methyl sites for hydroxylation is 3. The molecule has 0 aliphatic heterocycles. The van der Waals surface area contributed by atoms with Gasteiger partial charge in [0.2, 0.25) is 5.78 Å². The first-order valence-corrected chi connectivity index (χ1v) is 8.11. The van der Waals surface area contributed by atoms with Crippen molar-refractivity contribution < 1.29 is 4.74 Å². The molecule has 3 heterocycles. The van der Waals surface area contributed by atoms with E-state index in [0.29, 0.717) is 23.5 Å². The highest BCUT2D eigenvalue weighted by Gasteiger charge is 2.20. The number of imidazole rings is 2. The molecule has 130 valence electrons. The van der Waals surface area contributed by atoms with Crippen LogP contribution in [0.4, 0.5) is 0 Å². The minimum atomic E-state index is -0.459. The summed E-state index contributed by atoms with van der Waals surface area (Å²) in [4.78, 5) is 31.0. The molecule has 0 bridgehead atoms. The van der Waals surface area contributed by atoms with Gasteiger partial charge in [-0.1, -0.05) is 0 Å². The summed E-state index contributed by atoms with van der Waals surface area (Å²) in [6.07, 6.45) is 1.06. The van der Waals surface area contributed by atoms with Gasteiger partial charge in [0, 0.05) is 31.6 Å². The van der Waals surface area contributed by atoms with E-state index in [1.54, 1.807) is 7.05 Å². The highest BCUT2D eigenvalue weighted by molar-refractivity contribution is 5.76. The summed E-state index contributed by atoms with van der Waals surface area (Å²) >= 11 is 0. The van der Waals surface area contributed by atoms with Crippen LogP contribution in [0, 0.1) is 13.8 Å². The van der Waals surface area contributed by atoms with Crippen LogP contribution in [0.15, 0.2) is 9.59 Å². The smallest absolute Gasteiger partial charge is 0.329 e. The van der Waals surface area contributed by atoms with E-state index >= 15 is 0 Å². The molecule has 3 aromatic rings. The molecule has 8 nitrogen and oxygen atoms in total. The lowest BCUT2D eigenvalue weighted by Crippen LogP contribution is -2.28. The van der Waals surface area contributed by atoms with Crippen molar-refractivity contribution in [2.24, 2.45) is 7.05 Å². The van der Waals surface area contributed by atoms with E-state index in [-0.39, 0.29) is 6.10 Å². The number of hydrogen-bond acceptors (Lipinski definition) is 4. The number of aromatic amines is 1. The third kappa shape index (κ3) is 2.47. The second kappa shape index (κ2) is 5.94. The van der Waals surface area contributed by atoms with Crippen molar-refractivity contribution in [3.05, 3.63) is 32.2 Å². The summed E-state index contributed by atoms with van der Waals surface area (Å²) in [5.74, 6) is 0.677. The SMILES string of the molecule is Cc1c(C)n2c3c(=O)[nH]c(=O)n(C)c3nc2n1CCCOC(C)C. The van der Waals surface area contributed by atoms with Crippen molar-refractivity contribution in [1.82, 2.24) is 23.5 Å². The van der Waals surface area contributed by atoms with Gasteiger partial charge in [0.1, 0.15) is 0 Å². The topological polar surface area (TPSA) is 86.3 Å². The molecule has 0 unspecified atom stereocenters. The van der Waals surface area contributed by atoms with Crippen molar-refractivity contribution in [3.63, 3.8) is 0 Å².